The summed E-state index contributed by atoms with van der Waals surface area (Å²) < 4.78 is 43.0. The predicted molar refractivity (Wildman–Crippen MR) is 99.8 cm³/mol. The van der Waals surface area contributed by atoms with Crippen LogP contribution in [0, 0.1) is 0 Å². The molecule has 2 heterocycles. The van der Waals surface area contributed by atoms with E-state index in [1.165, 1.54) is 12.0 Å². The Hall–Kier alpha value is -2.27. The molecule has 0 saturated carbocycles. The van der Waals surface area contributed by atoms with E-state index >= 15 is 0 Å². The number of anilines is 1. The Kier molecular flexibility index (Phi) is 5.57. The number of halogens is 5. The molecule has 1 aromatic carbocycles. The van der Waals surface area contributed by atoms with Crippen molar-refractivity contribution in [3.8, 4) is 17.0 Å². The number of ether oxygens (including phenoxy) is 1. The maximum absolute atomic E-state index is 12.4. The van der Waals surface area contributed by atoms with Gasteiger partial charge in [-0.05, 0) is 28.1 Å². The molecule has 1 aliphatic rings. The van der Waals surface area contributed by atoms with Crippen LogP contribution in [0.15, 0.2) is 16.6 Å². The lowest BCUT2D eigenvalue weighted by atomic mass is 10.1. The Morgan fingerprint density at radius 3 is 2.75 bits per heavy atom. The minimum absolute atomic E-state index is 0.00399. The molecule has 7 nitrogen and oxygen atoms in total. The van der Waals surface area contributed by atoms with E-state index < -0.39 is 18.8 Å². The molecule has 3 N–H and O–H groups in total. The number of nitrogens with zero attached hydrogens (tertiary/aromatic N) is 3. The van der Waals surface area contributed by atoms with Gasteiger partial charge in [-0.25, -0.2) is 14.8 Å². The number of hydrogen-bond donors (Lipinski definition) is 2. The number of fused-ring (bicyclic) bond motifs is 1. The molecule has 0 radical (unpaired) electrons. The Balaban J connectivity index is 1.95. The van der Waals surface area contributed by atoms with Crippen molar-refractivity contribution in [2.45, 2.75) is 19.3 Å². The minimum atomic E-state index is -4.50. The number of amides is 2. The van der Waals surface area contributed by atoms with E-state index in [1.54, 1.807) is 12.1 Å². The molecule has 1 aromatic heterocycles. The van der Waals surface area contributed by atoms with E-state index in [0.29, 0.717) is 37.8 Å². The smallest absolute Gasteiger partial charge is 0.405 e. The molecule has 2 aromatic rings. The zero-order chi connectivity index (χ0) is 20.6. The van der Waals surface area contributed by atoms with Crippen molar-refractivity contribution in [3.05, 3.63) is 32.9 Å². The van der Waals surface area contributed by atoms with E-state index in [9.17, 15) is 18.0 Å². The summed E-state index contributed by atoms with van der Waals surface area (Å²) in [5.74, 6) is 0.465. The molecule has 0 spiro atoms. The molecule has 0 atom stereocenters. The van der Waals surface area contributed by atoms with Crippen LogP contribution >= 0.6 is 27.5 Å². The molecular formula is C16H14BrClF3N5O2. The Bertz CT molecular complexity index is 941. The molecular weight excluding hydrogens is 467 g/mol. The normalized spacial score (nSPS) is 13.4. The Morgan fingerprint density at radius 1 is 1.39 bits per heavy atom. The molecule has 3 rings (SSSR count). The number of methoxy groups -OCH3 is 1. The average molecular weight is 481 g/mol. The highest BCUT2D eigenvalue weighted by Crippen LogP contribution is 2.39. The lowest BCUT2D eigenvalue weighted by Gasteiger charge is -2.17. The van der Waals surface area contributed by atoms with Crippen LogP contribution in [0.5, 0.6) is 5.75 Å². The van der Waals surface area contributed by atoms with Crippen LogP contribution < -0.4 is 15.8 Å². The first kappa shape index (κ1) is 20.5. The van der Waals surface area contributed by atoms with Crippen LogP contribution in [0.3, 0.4) is 0 Å². The van der Waals surface area contributed by atoms with Crippen LogP contribution in [0.25, 0.3) is 11.3 Å². The highest BCUT2D eigenvalue weighted by molar-refractivity contribution is 9.10. The van der Waals surface area contributed by atoms with Crippen molar-refractivity contribution < 1.29 is 22.7 Å². The van der Waals surface area contributed by atoms with Crippen molar-refractivity contribution in [1.82, 2.24) is 20.2 Å². The van der Waals surface area contributed by atoms with Gasteiger partial charge in [-0.3, -0.25) is 0 Å². The molecule has 12 heteroatoms. The number of urea groups is 1. The molecule has 150 valence electrons. The van der Waals surface area contributed by atoms with Gasteiger partial charge in [-0.15, -0.1) is 0 Å². The van der Waals surface area contributed by atoms with Gasteiger partial charge in [0.15, 0.2) is 0 Å². The van der Waals surface area contributed by atoms with E-state index in [1.807, 2.05) is 5.32 Å². The first-order chi connectivity index (χ1) is 13.1. The van der Waals surface area contributed by atoms with Crippen molar-refractivity contribution >= 4 is 39.5 Å². The number of aromatic nitrogens is 2. The van der Waals surface area contributed by atoms with Crippen LogP contribution in [0.4, 0.5) is 23.9 Å². The SMILES string of the molecule is COc1cc(-c2nc(N)nc3c2CN(C(=O)NCC(F)(F)F)C3)c(Cl)cc1Br. The number of nitrogen functional groups attached to an aromatic ring is 1. The molecule has 0 fully saturated rings. The topological polar surface area (TPSA) is 93.4 Å². The highest BCUT2D eigenvalue weighted by Gasteiger charge is 2.32. The van der Waals surface area contributed by atoms with Crippen LogP contribution in [-0.4, -0.2) is 40.7 Å². The van der Waals surface area contributed by atoms with Gasteiger partial charge in [0.25, 0.3) is 0 Å². The largest absolute Gasteiger partial charge is 0.496 e. The third-order valence-corrected chi connectivity index (χ3v) is 4.96. The lowest BCUT2D eigenvalue weighted by Crippen LogP contribution is -2.41. The number of rotatable bonds is 3. The fourth-order valence-electron chi connectivity index (χ4n) is 2.79. The fourth-order valence-corrected chi connectivity index (χ4v) is 3.69. The summed E-state index contributed by atoms with van der Waals surface area (Å²) in [5, 5.41) is 2.20. The highest BCUT2D eigenvalue weighted by atomic mass is 79.9. The zero-order valence-electron chi connectivity index (χ0n) is 14.4. The number of nitrogens with two attached hydrogens (primary N) is 1. The maximum atomic E-state index is 12.4. The number of benzene rings is 1. The molecule has 28 heavy (non-hydrogen) atoms. The van der Waals surface area contributed by atoms with Crippen LogP contribution in [0.2, 0.25) is 5.02 Å². The zero-order valence-corrected chi connectivity index (χ0v) is 16.7. The number of nitrogens with one attached hydrogen (secondary N) is 1. The van der Waals surface area contributed by atoms with Crippen molar-refractivity contribution in [2.75, 3.05) is 19.4 Å². The molecule has 0 saturated heterocycles. The Labute approximate surface area is 171 Å². The molecule has 0 unspecified atom stereocenters. The molecule has 1 aliphatic heterocycles. The van der Waals surface area contributed by atoms with E-state index in [4.69, 9.17) is 22.1 Å². The third kappa shape index (κ3) is 4.25. The first-order valence-corrected chi connectivity index (χ1v) is 9.04. The second-order valence-corrected chi connectivity index (χ2v) is 7.21. The second-order valence-electron chi connectivity index (χ2n) is 5.95. The summed E-state index contributed by atoms with van der Waals surface area (Å²) in [6.45, 7) is -1.40. The summed E-state index contributed by atoms with van der Waals surface area (Å²) in [7, 11) is 1.49. The molecule has 0 bridgehead atoms. The number of carbonyl (C=O) groups excluding carboxylic acids is 1. The molecule has 2 amide bonds. The summed E-state index contributed by atoms with van der Waals surface area (Å²) in [6, 6.07) is 2.42. The number of hydrogen-bond acceptors (Lipinski definition) is 5. The van der Waals surface area contributed by atoms with Gasteiger partial charge in [0.1, 0.15) is 12.3 Å². The van der Waals surface area contributed by atoms with E-state index in [0.717, 1.165) is 0 Å². The monoisotopic (exact) mass is 479 g/mol. The number of alkyl halides is 3. The summed E-state index contributed by atoms with van der Waals surface area (Å²) in [5.41, 5.74) is 7.69. The van der Waals surface area contributed by atoms with Crippen LogP contribution in [0.1, 0.15) is 11.3 Å². The van der Waals surface area contributed by atoms with Gasteiger partial charge < -0.3 is 20.7 Å². The van der Waals surface area contributed by atoms with Crippen LogP contribution in [-0.2, 0) is 13.1 Å². The first-order valence-electron chi connectivity index (χ1n) is 7.87. The van der Waals surface area contributed by atoms with E-state index in [2.05, 4.69) is 25.9 Å². The van der Waals surface area contributed by atoms with Gasteiger partial charge in [-0.2, -0.15) is 13.2 Å². The molecule has 0 aliphatic carbocycles. The van der Waals surface area contributed by atoms with Gasteiger partial charge in [-0.1, -0.05) is 11.6 Å². The van der Waals surface area contributed by atoms with Gasteiger partial charge in [0, 0.05) is 11.1 Å². The quantitative estimate of drug-likeness (QED) is 0.698. The van der Waals surface area contributed by atoms with Crippen molar-refractivity contribution in [3.63, 3.8) is 0 Å². The van der Waals surface area contributed by atoms with Crippen molar-refractivity contribution in [1.29, 1.82) is 0 Å². The standard InChI is InChI=1S/C16H14BrClF3N5O2/c1-28-12-2-7(10(18)3-9(12)17)13-8-4-26(5-11(8)24-14(22)25-13)15(27)23-6-16(19,20)21/h2-3H,4-6H2,1H3,(H,23,27)(H2,22,24,25). The van der Waals surface area contributed by atoms with Crippen molar-refractivity contribution in [2.24, 2.45) is 0 Å². The Morgan fingerprint density at radius 2 is 2.11 bits per heavy atom. The van der Waals surface area contributed by atoms with E-state index in [-0.39, 0.29) is 19.0 Å². The fraction of sp³-hybridized carbons (Fsp3) is 0.312. The second kappa shape index (κ2) is 7.63. The minimum Gasteiger partial charge on any atom is -0.496 e. The van der Waals surface area contributed by atoms with Gasteiger partial charge >= 0.3 is 12.2 Å². The lowest BCUT2D eigenvalue weighted by molar-refractivity contribution is -0.123. The van der Waals surface area contributed by atoms with Gasteiger partial charge in [0.2, 0.25) is 5.95 Å². The third-order valence-electron chi connectivity index (χ3n) is 4.02. The summed E-state index contributed by atoms with van der Waals surface area (Å²) >= 11 is 9.67. The van der Waals surface area contributed by atoms with Gasteiger partial charge in [0.05, 0.1) is 41.1 Å². The summed E-state index contributed by atoms with van der Waals surface area (Å²) in [6.07, 6.45) is -4.50. The summed E-state index contributed by atoms with van der Waals surface area (Å²) in [4.78, 5) is 21.6. The average Bonchev–Trinajstić information content (AvgIpc) is 3.02. The predicted octanol–water partition coefficient (Wildman–Crippen LogP) is 3.74. The number of carbonyl (C=O) groups is 1. The maximum Gasteiger partial charge on any atom is 0.405 e.